The first-order valence-corrected chi connectivity index (χ1v) is 4.99. The van der Waals surface area contributed by atoms with Crippen LogP contribution in [0.5, 0.6) is 0 Å². The summed E-state index contributed by atoms with van der Waals surface area (Å²) in [6.45, 7) is 0. The molecule has 0 amide bonds. The lowest BCUT2D eigenvalue weighted by Crippen LogP contribution is -1.99. The van der Waals surface area contributed by atoms with E-state index in [-0.39, 0.29) is 5.69 Å². The van der Waals surface area contributed by atoms with E-state index < -0.39 is 17.6 Å². The second kappa shape index (κ2) is 5.60. The van der Waals surface area contributed by atoms with E-state index >= 15 is 0 Å². The molecule has 1 N–H and O–H groups in total. The minimum atomic E-state index is -0.763. The maximum atomic E-state index is 13.2. The lowest BCUT2D eigenvalue weighted by Gasteiger charge is -2.04. The molecule has 0 spiro atoms. The van der Waals surface area contributed by atoms with Crippen molar-refractivity contribution in [3.8, 4) is 0 Å². The van der Waals surface area contributed by atoms with Crippen LogP contribution in [-0.2, 0) is 9.53 Å². The molecule has 1 aromatic carbocycles. The molecule has 0 heterocycles. The molecule has 6 heteroatoms. The van der Waals surface area contributed by atoms with Gasteiger partial charge in [-0.25, -0.2) is 13.6 Å². The lowest BCUT2D eigenvalue weighted by molar-refractivity contribution is -0.134. The van der Waals surface area contributed by atoms with E-state index in [0.29, 0.717) is 4.47 Å². The molecule has 0 unspecified atom stereocenters. The Hall–Kier alpha value is -1.43. The number of carbonyl (C=O) groups is 1. The third-order valence-electron chi connectivity index (χ3n) is 1.66. The fourth-order valence-corrected chi connectivity index (χ4v) is 1.34. The van der Waals surface area contributed by atoms with Crippen LogP contribution in [0, 0.1) is 11.6 Å². The van der Waals surface area contributed by atoms with Crippen LogP contribution in [0.3, 0.4) is 0 Å². The molecule has 16 heavy (non-hydrogen) atoms. The number of hydrogen-bond acceptors (Lipinski definition) is 3. The van der Waals surface area contributed by atoms with E-state index in [2.05, 4.69) is 26.0 Å². The molecule has 0 aliphatic rings. The Morgan fingerprint density at radius 1 is 1.44 bits per heavy atom. The average Bonchev–Trinajstić information content (AvgIpc) is 2.21. The number of halogens is 3. The van der Waals surface area contributed by atoms with Crippen molar-refractivity contribution in [2.45, 2.75) is 0 Å². The molecule has 1 aromatic rings. The summed E-state index contributed by atoms with van der Waals surface area (Å²) in [6.07, 6.45) is 2.11. The summed E-state index contributed by atoms with van der Waals surface area (Å²) >= 11 is 2.95. The van der Waals surface area contributed by atoms with Crippen molar-refractivity contribution in [3.05, 3.63) is 40.5 Å². The molecule has 86 valence electrons. The second-order valence-electron chi connectivity index (χ2n) is 2.75. The van der Waals surface area contributed by atoms with Crippen molar-refractivity contribution >= 4 is 27.6 Å². The highest BCUT2D eigenvalue weighted by Gasteiger charge is 2.08. The number of rotatable bonds is 3. The van der Waals surface area contributed by atoms with Crippen molar-refractivity contribution in [3.63, 3.8) is 0 Å². The molecule has 0 aliphatic heterocycles. The van der Waals surface area contributed by atoms with Gasteiger partial charge in [0.05, 0.1) is 7.11 Å². The van der Waals surface area contributed by atoms with E-state index in [1.165, 1.54) is 7.11 Å². The largest absolute Gasteiger partial charge is 0.466 e. The van der Waals surface area contributed by atoms with Crippen molar-refractivity contribution < 1.29 is 18.3 Å². The normalized spacial score (nSPS) is 10.5. The molecular formula is C10H8BrF2NO2. The fourth-order valence-electron chi connectivity index (χ4n) is 0.941. The second-order valence-corrected chi connectivity index (χ2v) is 3.66. The minimum absolute atomic E-state index is 0.296. The standard InChI is InChI=1S/C10H8BrF2NO2/c1-16-9(15)2-3-14-10-7(12)4-6(11)5-8(10)13/h2-5,14H,1H3/b3-2+. The first kappa shape index (κ1) is 12.6. The number of nitrogens with one attached hydrogen (secondary N) is 1. The van der Waals surface area contributed by atoms with Crippen LogP contribution in [0.15, 0.2) is 28.9 Å². The van der Waals surface area contributed by atoms with Gasteiger partial charge in [-0.2, -0.15) is 0 Å². The van der Waals surface area contributed by atoms with Gasteiger partial charge < -0.3 is 10.1 Å². The molecule has 3 nitrogen and oxygen atoms in total. The van der Waals surface area contributed by atoms with Crippen molar-refractivity contribution in [1.82, 2.24) is 0 Å². The van der Waals surface area contributed by atoms with Gasteiger partial charge in [0, 0.05) is 16.7 Å². The number of benzene rings is 1. The summed E-state index contributed by atoms with van der Waals surface area (Å²) in [5.74, 6) is -2.15. The van der Waals surface area contributed by atoms with Crippen LogP contribution in [0.2, 0.25) is 0 Å². The van der Waals surface area contributed by atoms with Gasteiger partial charge in [0.25, 0.3) is 0 Å². The molecule has 0 fully saturated rings. The summed E-state index contributed by atoms with van der Waals surface area (Å²) < 4.78 is 31.1. The number of ether oxygens (including phenoxy) is 1. The summed E-state index contributed by atoms with van der Waals surface area (Å²) in [5, 5.41) is 2.32. The lowest BCUT2D eigenvalue weighted by atomic mass is 10.3. The summed E-state index contributed by atoms with van der Waals surface area (Å²) in [7, 11) is 1.20. The minimum Gasteiger partial charge on any atom is -0.466 e. The van der Waals surface area contributed by atoms with Crippen LogP contribution in [0.4, 0.5) is 14.5 Å². The molecule has 0 saturated carbocycles. The Bertz CT molecular complexity index is 412. The highest BCUT2D eigenvalue weighted by molar-refractivity contribution is 9.10. The third-order valence-corrected chi connectivity index (χ3v) is 2.11. The molecule has 0 aromatic heterocycles. The van der Waals surface area contributed by atoms with Gasteiger partial charge in [-0.15, -0.1) is 0 Å². The Labute approximate surface area is 99.2 Å². The Morgan fingerprint density at radius 2 is 2.00 bits per heavy atom. The number of hydrogen-bond donors (Lipinski definition) is 1. The van der Waals surface area contributed by atoms with Crippen LogP contribution >= 0.6 is 15.9 Å². The SMILES string of the molecule is COC(=O)/C=C/Nc1c(F)cc(Br)cc1F. The Morgan fingerprint density at radius 3 is 2.50 bits per heavy atom. The summed E-state index contributed by atoms with van der Waals surface area (Å²) in [4.78, 5) is 10.7. The number of anilines is 1. The number of carbonyl (C=O) groups excluding carboxylic acids is 1. The topological polar surface area (TPSA) is 38.3 Å². The Balaban J connectivity index is 2.82. The number of methoxy groups -OCH3 is 1. The molecule has 0 atom stereocenters. The van der Waals surface area contributed by atoms with Gasteiger partial charge >= 0.3 is 5.97 Å². The smallest absolute Gasteiger partial charge is 0.331 e. The molecule has 0 bridgehead atoms. The summed E-state index contributed by atoms with van der Waals surface area (Å²) in [6, 6.07) is 2.22. The first-order chi connectivity index (χ1) is 7.54. The maximum Gasteiger partial charge on any atom is 0.331 e. The van der Waals surface area contributed by atoms with Gasteiger partial charge in [-0.1, -0.05) is 15.9 Å². The quantitative estimate of drug-likeness (QED) is 0.687. The van der Waals surface area contributed by atoms with Crippen molar-refractivity contribution in [1.29, 1.82) is 0 Å². The van der Waals surface area contributed by atoms with Crippen LogP contribution in [0.25, 0.3) is 0 Å². The van der Waals surface area contributed by atoms with Gasteiger partial charge in [0.1, 0.15) is 5.69 Å². The van der Waals surface area contributed by atoms with Gasteiger partial charge in [0.15, 0.2) is 11.6 Å². The zero-order valence-corrected chi connectivity index (χ0v) is 9.85. The zero-order chi connectivity index (χ0) is 12.1. The first-order valence-electron chi connectivity index (χ1n) is 4.20. The van der Waals surface area contributed by atoms with E-state index in [9.17, 15) is 13.6 Å². The van der Waals surface area contributed by atoms with E-state index in [0.717, 1.165) is 24.4 Å². The van der Waals surface area contributed by atoms with E-state index in [4.69, 9.17) is 0 Å². The van der Waals surface area contributed by atoms with Crippen LogP contribution in [0.1, 0.15) is 0 Å². The number of esters is 1. The fraction of sp³-hybridized carbons (Fsp3) is 0.100. The highest BCUT2D eigenvalue weighted by atomic mass is 79.9. The zero-order valence-electron chi connectivity index (χ0n) is 8.26. The van der Waals surface area contributed by atoms with Gasteiger partial charge in [0.2, 0.25) is 0 Å². The highest BCUT2D eigenvalue weighted by Crippen LogP contribution is 2.23. The van der Waals surface area contributed by atoms with E-state index in [1.54, 1.807) is 0 Å². The monoisotopic (exact) mass is 291 g/mol. The Kier molecular flexibility index (Phi) is 4.42. The molecular weight excluding hydrogens is 284 g/mol. The summed E-state index contributed by atoms with van der Waals surface area (Å²) in [5.41, 5.74) is -0.330. The molecule has 0 saturated heterocycles. The third kappa shape index (κ3) is 3.30. The maximum absolute atomic E-state index is 13.2. The average molecular weight is 292 g/mol. The van der Waals surface area contributed by atoms with E-state index in [1.807, 2.05) is 0 Å². The van der Waals surface area contributed by atoms with Gasteiger partial charge in [-0.3, -0.25) is 0 Å². The van der Waals surface area contributed by atoms with Crippen LogP contribution in [-0.4, -0.2) is 13.1 Å². The predicted octanol–water partition coefficient (Wildman–Crippen LogP) is 2.83. The van der Waals surface area contributed by atoms with Crippen molar-refractivity contribution in [2.24, 2.45) is 0 Å². The van der Waals surface area contributed by atoms with Gasteiger partial charge in [-0.05, 0) is 12.1 Å². The molecule has 0 radical (unpaired) electrons. The predicted molar refractivity (Wildman–Crippen MR) is 58.8 cm³/mol. The molecule has 0 aliphatic carbocycles. The van der Waals surface area contributed by atoms with Crippen molar-refractivity contribution in [2.75, 3.05) is 12.4 Å². The molecule has 1 rings (SSSR count). The van der Waals surface area contributed by atoms with Crippen LogP contribution < -0.4 is 5.32 Å².